The molecule has 0 radical (unpaired) electrons. The minimum atomic E-state index is -0.936. The van der Waals surface area contributed by atoms with Gasteiger partial charge in [-0.2, -0.15) is 5.10 Å². The summed E-state index contributed by atoms with van der Waals surface area (Å²) in [6, 6.07) is 0. The highest BCUT2D eigenvalue weighted by molar-refractivity contribution is 6.00. The van der Waals surface area contributed by atoms with Crippen molar-refractivity contribution in [2.45, 2.75) is 20.8 Å². The number of aromatic nitrogens is 5. The summed E-state index contributed by atoms with van der Waals surface area (Å²) in [6.07, 6.45) is 2.90. The zero-order valence-electron chi connectivity index (χ0n) is 15.5. The number of aromatic amines is 1. The van der Waals surface area contributed by atoms with Crippen molar-refractivity contribution in [3.8, 4) is 11.4 Å². The molecule has 0 saturated carbocycles. The molecule has 0 aliphatic carbocycles. The number of primary amides is 1. The standard InChI is InChI=1S/C17H19FN8O2/c1-4-21-12(14(27)8(3)19)17-23-16(24-25-17)10-9-5-22-7(2)6-26(9)13(11(10)18)15(20)28/h5-6,19,21,27H,4H2,1-3H3,(H2,20,28)(H,23,24,25)/b14-12+,19-8?. The van der Waals surface area contributed by atoms with Crippen LogP contribution in [0.5, 0.6) is 0 Å². The van der Waals surface area contributed by atoms with Crippen LogP contribution in [-0.4, -0.2) is 47.8 Å². The van der Waals surface area contributed by atoms with E-state index < -0.39 is 11.7 Å². The van der Waals surface area contributed by atoms with Gasteiger partial charge in [-0.1, -0.05) is 0 Å². The number of aliphatic hydroxyl groups is 1. The number of aliphatic hydroxyl groups excluding tert-OH is 1. The van der Waals surface area contributed by atoms with E-state index in [2.05, 4.69) is 25.5 Å². The molecule has 0 fully saturated rings. The number of carbonyl (C=O) groups excluding carboxylic acids is 1. The van der Waals surface area contributed by atoms with Crippen LogP contribution < -0.4 is 11.1 Å². The van der Waals surface area contributed by atoms with Crippen LogP contribution in [0.3, 0.4) is 0 Å². The molecule has 146 valence electrons. The van der Waals surface area contributed by atoms with Crippen molar-refractivity contribution >= 4 is 22.8 Å². The van der Waals surface area contributed by atoms with Gasteiger partial charge in [0, 0.05) is 12.7 Å². The third kappa shape index (κ3) is 3.06. The van der Waals surface area contributed by atoms with Crippen LogP contribution >= 0.6 is 0 Å². The molecule has 3 aromatic heterocycles. The fraction of sp³-hybridized carbons (Fsp3) is 0.235. The maximum atomic E-state index is 15.1. The van der Waals surface area contributed by atoms with Crippen LogP contribution in [-0.2, 0) is 0 Å². The van der Waals surface area contributed by atoms with Gasteiger partial charge in [-0.15, -0.1) is 0 Å². The lowest BCUT2D eigenvalue weighted by molar-refractivity contribution is 0.0991. The van der Waals surface area contributed by atoms with E-state index in [4.69, 9.17) is 11.1 Å². The summed E-state index contributed by atoms with van der Waals surface area (Å²) in [7, 11) is 0. The quantitative estimate of drug-likeness (QED) is 0.319. The average molecular weight is 386 g/mol. The average Bonchev–Trinajstić information content (AvgIpc) is 3.20. The molecule has 0 spiro atoms. The lowest BCUT2D eigenvalue weighted by atomic mass is 10.2. The van der Waals surface area contributed by atoms with Crippen LogP contribution in [0.4, 0.5) is 4.39 Å². The number of aryl methyl sites for hydroxylation is 1. The molecule has 0 saturated heterocycles. The lowest BCUT2D eigenvalue weighted by Crippen LogP contribution is -2.17. The first-order chi connectivity index (χ1) is 13.3. The smallest absolute Gasteiger partial charge is 0.268 e. The maximum absolute atomic E-state index is 15.1. The molecule has 3 rings (SSSR count). The summed E-state index contributed by atoms with van der Waals surface area (Å²) >= 11 is 0. The molecule has 28 heavy (non-hydrogen) atoms. The minimum Gasteiger partial charge on any atom is -0.504 e. The highest BCUT2D eigenvalue weighted by Gasteiger charge is 2.26. The van der Waals surface area contributed by atoms with Gasteiger partial charge in [-0.25, -0.2) is 9.37 Å². The van der Waals surface area contributed by atoms with Crippen LogP contribution in [0.25, 0.3) is 22.6 Å². The molecular formula is C17H19FN8O2. The minimum absolute atomic E-state index is 0.0222. The van der Waals surface area contributed by atoms with Gasteiger partial charge >= 0.3 is 0 Å². The third-order valence-corrected chi connectivity index (χ3v) is 4.02. The predicted octanol–water partition coefficient (Wildman–Crippen LogP) is 1.54. The van der Waals surface area contributed by atoms with Gasteiger partial charge in [-0.3, -0.25) is 14.9 Å². The third-order valence-electron chi connectivity index (χ3n) is 4.02. The Bertz CT molecular complexity index is 1130. The predicted molar refractivity (Wildman–Crippen MR) is 100 cm³/mol. The first-order valence-corrected chi connectivity index (χ1v) is 8.38. The van der Waals surface area contributed by atoms with Gasteiger partial charge in [0.2, 0.25) is 5.82 Å². The van der Waals surface area contributed by atoms with E-state index in [9.17, 15) is 9.90 Å². The first-order valence-electron chi connectivity index (χ1n) is 8.38. The number of nitrogens with zero attached hydrogens (tertiary/aromatic N) is 4. The second-order valence-corrected chi connectivity index (χ2v) is 6.07. The van der Waals surface area contributed by atoms with E-state index in [0.717, 1.165) is 0 Å². The molecule has 0 bridgehead atoms. The molecule has 0 aliphatic rings. The number of amides is 1. The molecule has 0 aliphatic heterocycles. The summed E-state index contributed by atoms with van der Waals surface area (Å²) in [6.45, 7) is 5.35. The number of halogens is 1. The van der Waals surface area contributed by atoms with Gasteiger partial charge in [0.05, 0.1) is 28.7 Å². The van der Waals surface area contributed by atoms with Crippen LogP contribution in [0.15, 0.2) is 18.2 Å². The zero-order chi connectivity index (χ0) is 20.6. The Hall–Kier alpha value is -3.76. The lowest BCUT2D eigenvalue weighted by Gasteiger charge is -2.07. The van der Waals surface area contributed by atoms with Crippen molar-refractivity contribution in [2.75, 3.05) is 6.54 Å². The molecule has 1 amide bonds. The van der Waals surface area contributed by atoms with Crippen molar-refractivity contribution in [1.82, 2.24) is 29.9 Å². The number of rotatable bonds is 6. The topological polar surface area (TPSA) is 158 Å². The Morgan fingerprint density at radius 1 is 1.50 bits per heavy atom. The second-order valence-electron chi connectivity index (χ2n) is 6.07. The summed E-state index contributed by atoms with van der Waals surface area (Å²) in [5.41, 5.74) is 5.89. The number of hydrogen-bond acceptors (Lipinski definition) is 7. The Kier molecular flexibility index (Phi) is 4.82. The van der Waals surface area contributed by atoms with E-state index in [1.165, 1.54) is 23.7 Å². The van der Waals surface area contributed by atoms with Gasteiger partial charge < -0.3 is 26.0 Å². The van der Waals surface area contributed by atoms with E-state index in [1.54, 1.807) is 13.8 Å². The Balaban J connectivity index is 2.23. The maximum Gasteiger partial charge on any atom is 0.268 e. The molecule has 0 unspecified atom stereocenters. The van der Waals surface area contributed by atoms with Crippen LogP contribution in [0, 0.1) is 18.2 Å². The van der Waals surface area contributed by atoms with E-state index >= 15 is 4.39 Å². The van der Waals surface area contributed by atoms with E-state index in [0.29, 0.717) is 12.2 Å². The largest absolute Gasteiger partial charge is 0.504 e. The number of fused-ring (bicyclic) bond motifs is 1. The molecule has 11 heteroatoms. The number of H-pyrrole nitrogens is 1. The fourth-order valence-corrected chi connectivity index (χ4v) is 2.79. The van der Waals surface area contributed by atoms with E-state index in [-0.39, 0.29) is 45.6 Å². The monoisotopic (exact) mass is 386 g/mol. The van der Waals surface area contributed by atoms with Crippen molar-refractivity contribution in [1.29, 1.82) is 5.41 Å². The molecule has 3 heterocycles. The molecular weight excluding hydrogens is 367 g/mol. The van der Waals surface area contributed by atoms with Crippen molar-refractivity contribution in [2.24, 2.45) is 5.73 Å². The normalized spacial score (nSPS) is 12.1. The SMILES string of the molecule is CCN/C(=C(/O)C(C)=N)c1n[nH]c(-c2c(F)c(C(N)=O)n3cc(C)ncc23)n1. The molecule has 0 aromatic carbocycles. The van der Waals surface area contributed by atoms with Crippen LogP contribution in [0.1, 0.15) is 35.9 Å². The molecule has 10 nitrogen and oxygen atoms in total. The van der Waals surface area contributed by atoms with E-state index in [1.807, 2.05) is 0 Å². The number of nitrogens with two attached hydrogens (primary N) is 1. The summed E-state index contributed by atoms with van der Waals surface area (Å²) in [4.78, 5) is 20.1. The Morgan fingerprint density at radius 3 is 2.82 bits per heavy atom. The Morgan fingerprint density at radius 2 is 2.21 bits per heavy atom. The fourth-order valence-electron chi connectivity index (χ4n) is 2.79. The molecule has 6 N–H and O–H groups in total. The Labute approximate surface area is 158 Å². The highest BCUT2D eigenvalue weighted by Crippen LogP contribution is 2.30. The number of carbonyl (C=O) groups is 1. The first kappa shape index (κ1) is 19.0. The molecule has 0 atom stereocenters. The number of allylic oxidation sites excluding steroid dienone is 1. The van der Waals surface area contributed by atoms with Gasteiger partial charge in [-0.05, 0) is 20.8 Å². The summed E-state index contributed by atoms with van der Waals surface area (Å²) in [5, 5.41) is 27.2. The summed E-state index contributed by atoms with van der Waals surface area (Å²) < 4.78 is 16.4. The summed E-state index contributed by atoms with van der Waals surface area (Å²) in [5.74, 6) is -2.06. The highest BCUT2D eigenvalue weighted by atomic mass is 19.1. The van der Waals surface area contributed by atoms with Gasteiger partial charge in [0.25, 0.3) is 5.91 Å². The molecule has 3 aromatic rings. The zero-order valence-corrected chi connectivity index (χ0v) is 15.5. The van der Waals surface area contributed by atoms with Gasteiger partial charge in [0.1, 0.15) is 11.4 Å². The van der Waals surface area contributed by atoms with Gasteiger partial charge in [0.15, 0.2) is 17.4 Å². The van der Waals surface area contributed by atoms with Crippen LogP contribution in [0.2, 0.25) is 0 Å². The number of hydrogen-bond donors (Lipinski definition) is 5. The second kappa shape index (κ2) is 7.10. The number of nitrogens with one attached hydrogen (secondary N) is 3. The van der Waals surface area contributed by atoms with Crippen molar-refractivity contribution in [3.63, 3.8) is 0 Å². The van der Waals surface area contributed by atoms with Crippen molar-refractivity contribution < 1.29 is 14.3 Å². The van der Waals surface area contributed by atoms with Crippen molar-refractivity contribution in [3.05, 3.63) is 41.2 Å².